The largest absolute Gasteiger partial charge is 0.403 e. The van der Waals surface area contributed by atoms with Gasteiger partial charge in [-0.1, -0.05) is 13.8 Å². The molecule has 1 saturated heterocycles. The van der Waals surface area contributed by atoms with Crippen LogP contribution in [0.25, 0.3) is 0 Å². The first kappa shape index (κ1) is 9.78. The van der Waals surface area contributed by atoms with E-state index >= 15 is 0 Å². The summed E-state index contributed by atoms with van der Waals surface area (Å²) in [5.41, 5.74) is 5.38. The van der Waals surface area contributed by atoms with E-state index in [9.17, 15) is 0 Å². The number of hydrogen-bond acceptors (Lipinski definition) is 3. The summed E-state index contributed by atoms with van der Waals surface area (Å²) in [5, 5.41) is 1.44. The summed E-state index contributed by atoms with van der Waals surface area (Å²) in [6.45, 7) is 5.68. The maximum absolute atomic E-state index is 5.38. The van der Waals surface area contributed by atoms with Crippen molar-refractivity contribution in [2.45, 2.75) is 37.3 Å². The van der Waals surface area contributed by atoms with E-state index in [0.717, 1.165) is 11.8 Å². The van der Waals surface area contributed by atoms with Gasteiger partial charge in [-0.2, -0.15) is 0 Å². The third-order valence-electron chi connectivity index (χ3n) is 2.18. The van der Waals surface area contributed by atoms with Gasteiger partial charge in [0.05, 0.1) is 5.37 Å². The maximum atomic E-state index is 5.38. The first-order chi connectivity index (χ1) is 5.77. The molecule has 0 aromatic rings. The van der Waals surface area contributed by atoms with Crippen LogP contribution in [0.4, 0.5) is 0 Å². The van der Waals surface area contributed by atoms with E-state index in [1.807, 2.05) is 6.20 Å². The van der Waals surface area contributed by atoms with Crippen LogP contribution in [0.15, 0.2) is 12.4 Å². The quantitative estimate of drug-likeness (QED) is 0.715. The molecule has 70 valence electrons. The number of rotatable bonds is 2. The molecular formula is C9H18N2S. The van der Waals surface area contributed by atoms with Crippen molar-refractivity contribution in [2.75, 3.05) is 6.54 Å². The normalized spacial score (nSPS) is 31.3. The summed E-state index contributed by atoms with van der Waals surface area (Å²) >= 11 is 2.05. The Balaban J connectivity index is 2.50. The molecule has 1 fully saturated rings. The second-order valence-electron chi connectivity index (χ2n) is 3.18. The third-order valence-corrected chi connectivity index (χ3v) is 3.80. The van der Waals surface area contributed by atoms with Crippen LogP contribution in [0.3, 0.4) is 0 Å². The first-order valence-electron chi connectivity index (χ1n) is 4.57. The lowest BCUT2D eigenvalue weighted by Crippen LogP contribution is -2.35. The summed E-state index contributed by atoms with van der Waals surface area (Å²) in [6.07, 6.45) is 6.11. The molecule has 0 aliphatic carbocycles. The van der Waals surface area contributed by atoms with Crippen molar-refractivity contribution >= 4 is 11.8 Å². The zero-order valence-electron chi connectivity index (χ0n) is 7.86. The molecule has 2 atom stereocenters. The SMILES string of the molecule is CCC1S[C@H](C)CCN1/C=C\N. The van der Waals surface area contributed by atoms with Crippen LogP contribution in [0.1, 0.15) is 26.7 Å². The van der Waals surface area contributed by atoms with Crippen molar-refractivity contribution in [1.29, 1.82) is 0 Å². The highest BCUT2D eigenvalue weighted by atomic mass is 32.2. The molecule has 1 rings (SSSR count). The van der Waals surface area contributed by atoms with Gasteiger partial charge in [0.2, 0.25) is 0 Å². The molecule has 2 N–H and O–H groups in total. The fourth-order valence-corrected chi connectivity index (χ4v) is 2.80. The fraction of sp³-hybridized carbons (Fsp3) is 0.778. The maximum Gasteiger partial charge on any atom is 0.0745 e. The van der Waals surface area contributed by atoms with E-state index < -0.39 is 0 Å². The average Bonchev–Trinajstić information content (AvgIpc) is 2.08. The van der Waals surface area contributed by atoms with Gasteiger partial charge in [-0.25, -0.2) is 0 Å². The van der Waals surface area contributed by atoms with Gasteiger partial charge in [-0.3, -0.25) is 0 Å². The van der Waals surface area contributed by atoms with Crippen LogP contribution < -0.4 is 5.73 Å². The van der Waals surface area contributed by atoms with Gasteiger partial charge in [0.1, 0.15) is 0 Å². The second-order valence-corrected chi connectivity index (χ2v) is 4.80. The van der Waals surface area contributed by atoms with Crippen LogP contribution >= 0.6 is 11.8 Å². The predicted octanol–water partition coefficient (Wildman–Crippen LogP) is 1.98. The third kappa shape index (κ3) is 2.34. The lowest BCUT2D eigenvalue weighted by Gasteiger charge is -2.36. The van der Waals surface area contributed by atoms with E-state index in [2.05, 4.69) is 30.5 Å². The van der Waals surface area contributed by atoms with E-state index in [-0.39, 0.29) is 0 Å². The number of nitrogens with two attached hydrogens (primary N) is 1. The Labute approximate surface area is 79.2 Å². The smallest absolute Gasteiger partial charge is 0.0745 e. The zero-order valence-corrected chi connectivity index (χ0v) is 8.68. The molecule has 0 spiro atoms. The molecule has 0 aromatic carbocycles. The predicted molar refractivity (Wildman–Crippen MR) is 55.8 cm³/mol. The Morgan fingerprint density at radius 1 is 1.67 bits per heavy atom. The summed E-state index contributed by atoms with van der Waals surface area (Å²) < 4.78 is 0. The fourth-order valence-electron chi connectivity index (χ4n) is 1.50. The highest BCUT2D eigenvalue weighted by Crippen LogP contribution is 2.30. The van der Waals surface area contributed by atoms with Gasteiger partial charge in [-0.15, -0.1) is 11.8 Å². The summed E-state index contributed by atoms with van der Waals surface area (Å²) in [5.74, 6) is 0. The molecule has 2 nitrogen and oxygen atoms in total. The zero-order chi connectivity index (χ0) is 8.97. The summed E-state index contributed by atoms with van der Waals surface area (Å²) in [4.78, 5) is 2.34. The minimum Gasteiger partial charge on any atom is -0.403 e. The number of thioether (sulfide) groups is 1. The molecule has 0 saturated carbocycles. The minimum absolute atomic E-state index is 0.633. The van der Waals surface area contributed by atoms with E-state index in [4.69, 9.17) is 5.73 Å². The Hall–Kier alpha value is -0.310. The lowest BCUT2D eigenvalue weighted by atomic mass is 10.3. The van der Waals surface area contributed by atoms with Gasteiger partial charge < -0.3 is 10.6 Å². The summed E-state index contributed by atoms with van der Waals surface area (Å²) in [7, 11) is 0. The van der Waals surface area contributed by atoms with Crippen molar-refractivity contribution in [3.05, 3.63) is 12.4 Å². The highest BCUT2D eigenvalue weighted by Gasteiger charge is 2.22. The van der Waals surface area contributed by atoms with Crippen molar-refractivity contribution in [3.63, 3.8) is 0 Å². The first-order valence-corrected chi connectivity index (χ1v) is 5.51. The standard InChI is InChI=1S/C9H18N2S/c1-3-9-11(7-5-10)6-4-8(2)12-9/h5,7-9H,3-4,6,10H2,1-2H3/b7-5-/t8-,9?/m1/s1. The van der Waals surface area contributed by atoms with E-state index in [1.165, 1.54) is 12.8 Å². The monoisotopic (exact) mass is 186 g/mol. The molecule has 0 bridgehead atoms. The minimum atomic E-state index is 0.633. The molecule has 0 radical (unpaired) electrons. The average molecular weight is 186 g/mol. The van der Waals surface area contributed by atoms with Crippen molar-refractivity contribution in [1.82, 2.24) is 4.90 Å². The molecule has 1 aliphatic rings. The Kier molecular flexibility index (Phi) is 3.79. The summed E-state index contributed by atoms with van der Waals surface area (Å²) in [6, 6.07) is 0. The van der Waals surface area contributed by atoms with Gasteiger partial charge in [-0.05, 0) is 12.8 Å². The number of nitrogens with zero attached hydrogens (tertiary/aromatic N) is 1. The topological polar surface area (TPSA) is 29.3 Å². The van der Waals surface area contributed by atoms with Crippen molar-refractivity contribution in [2.24, 2.45) is 5.73 Å². The van der Waals surface area contributed by atoms with Crippen LogP contribution in [0, 0.1) is 0 Å². The Morgan fingerprint density at radius 3 is 3.00 bits per heavy atom. The molecular weight excluding hydrogens is 168 g/mol. The molecule has 0 amide bonds. The van der Waals surface area contributed by atoms with Crippen molar-refractivity contribution in [3.8, 4) is 0 Å². The molecule has 1 unspecified atom stereocenters. The van der Waals surface area contributed by atoms with Crippen LogP contribution in [0.2, 0.25) is 0 Å². The van der Waals surface area contributed by atoms with Crippen molar-refractivity contribution < 1.29 is 0 Å². The molecule has 1 aliphatic heterocycles. The molecule has 1 heterocycles. The van der Waals surface area contributed by atoms with Crippen LogP contribution in [0.5, 0.6) is 0 Å². The second kappa shape index (κ2) is 4.65. The van der Waals surface area contributed by atoms with Crippen LogP contribution in [-0.4, -0.2) is 22.1 Å². The molecule has 0 aromatic heterocycles. The van der Waals surface area contributed by atoms with Gasteiger partial charge in [0.15, 0.2) is 0 Å². The van der Waals surface area contributed by atoms with Gasteiger partial charge in [0, 0.05) is 24.2 Å². The van der Waals surface area contributed by atoms with E-state index in [1.54, 1.807) is 6.20 Å². The molecule has 3 heteroatoms. The van der Waals surface area contributed by atoms with Gasteiger partial charge in [0.25, 0.3) is 0 Å². The highest BCUT2D eigenvalue weighted by molar-refractivity contribution is 8.00. The Morgan fingerprint density at radius 2 is 2.42 bits per heavy atom. The number of hydrogen-bond donors (Lipinski definition) is 1. The molecule has 12 heavy (non-hydrogen) atoms. The van der Waals surface area contributed by atoms with E-state index in [0.29, 0.717) is 5.37 Å². The van der Waals surface area contributed by atoms with Gasteiger partial charge >= 0.3 is 0 Å². The Bertz CT molecular complexity index is 159. The lowest BCUT2D eigenvalue weighted by molar-refractivity contribution is 0.326. The van der Waals surface area contributed by atoms with Crippen LogP contribution in [-0.2, 0) is 0 Å².